The molecule has 3 N–H and O–H groups in total. The van der Waals surface area contributed by atoms with Crippen molar-refractivity contribution < 1.29 is 19.3 Å². The summed E-state index contributed by atoms with van der Waals surface area (Å²) in [5.74, 6) is 0.0231. The molecule has 2 rings (SSSR count). The monoisotopic (exact) mass is 267 g/mol. The topological polar surface area (TPSA) is 73.9 Å². The molecule has 1 aromatic carbocycles. The minimum atomic E-state index is -0.598. The number of nitrogen functional groups attached to an aromatic ring is 1. The maximum Gasteiger partial charge on any atom is 0.163 e. The molecule has 0 radical (unpaired) electrons. The normalized spacial score (nSPS) is 25.5. The van der Waals surface area contributed by atoms with Crippen LogP contribution in [0.2, 0.25) is 0 Å². The number of aromatic hydroxyl groups is 1. The van der Waals surface area contributed by atoms with Crippen LogP contribution in [-0.2, 0) is 9.47 Å². The molecule has 1 aromatic rings. The number of anilines is 1. The van der Waals surface area contributed by atoms with Gasteiger partial charge in [0.25, 0.3) is 0 Å². The van der Waals surface area contributed by atoms with Crippen molar-refractivity contribution in [2.24, 2.45) is 0 Å². The summed E-state index contributed by atoms with van der Waals surface area (Å²) in [6, 6.07) is 3.21. The Hall–Kier alpha value is -1.46. The van der Waals surface area contributed by atoms with E-state index in [1.165, 1.54) is 6.07 Å². The van der Waals surface area contributed by atoms with Crippen LogP contribution in [0.5, 0.6) is 11.5 Å². The van der Waals surface area contributed by atoms with Gasteiger partial charge >= 0.3 is 0 Å². The van der Waals surface area contributed by atoms with Gasteiger partial charge in [-0.1, -0.05) is 0 Å². The number of aryl methyl sites for hydroxylation is 1. The first kappa shape index (κ1) is 14.0. The van der Waals surface area contributed by atoms with E-state index >= 15 is 0 Å². The zero-order valence-electron chi connectivity index (χ0n) is 11.8. The highest BCUT2D eigenvalue weighted by Gasteiger charge is 2.42. The predicted octanol–water partition coefficient (Wildman–Crippen LogP) is 2.20. The lowest BCUT2D eigenvalue weighted by Crippen LogP contribution is -2.37. The van der Waals surface area contributed by atoms with Crippen LogP contribution in [0.1, 0.15) is 26.3 Å². The van der Waals surface area contributed by atoms with E-state index in [-0.39, 0.29) is 5.75 Å². The van der Waals surface area contributed by atoms with Crippen LogP contribution in [0.4, 0.5) is 5.69 Å². The molecule has 1 saturated heterocycles. The van der Waals surface area contributed by atoms with Gasteiger partial charge in [-0.2, -0.15) is 0 Å². The molecule has 0 bridgehead atoms. The van der Waals surface area contributed by atoms with E-state index < -0.39 is 11.4 Å². The Bertz CT molecular complexity index is 487. The van der Waals surface area contributed by atoms with Gasteiger partial charge in [-0.25, -0.2) is 0 Å². The highest BCUT2D eigenvalue weighted by atomic mass is 16.8. The van der Waals surface area contributed by atoms with Gasteiger partial charge in [0, 0.05) is 6.07 Å². The van der Waals surface area contributed by atoms with Crippen molar-refractivity contribution in [2.45, 2.75) is 39.1 Å². The van der Waals surface area contributed by atoms with Crippen molar-refractivity contribution in [3.63, 3.8) is 0 Å². The molecular weight excluding hydrogens is 246 g/mol. The van der Waals surface area contributed by atoms with E-state index in [1.54, 1.807) is 13.0 Å². The van der Waals surface area contributed by atoms with Crippen molar-refractivity contribution in [1.29, 1.82) is 0 Å². The molecule has 1 unspecified atom stereocenters. The average molecular weight is 267 g/mol. The third kappa shape index (κ3) is 3.11. The maximum atomic E-state index is 9.67. The summed E-state index contributed by atoms with van der Waals surface area (Å²) in [5.41, 5.74) is 6.56. The number of nitrogens with two attached hydrogens (primary N) is 1. The van der Waals surface area contributed by atoms with Gasteiger partial charge in [0.2, 0.25) is 0 Å². The summed E-state index contributed by atoms with van der Waals surface area (Å²) in [6.07, 6.45) is 0. The summed E-state index contributed by atoms with van der Waals surface area (Å²) in [5, 5.41) is 9.67. The first-order valence-corrected chi connectivity index (χ1v) is 6.27. The van der Waals surface area contributed by atoms with Crippen molar-refractivity contribution in [3.8, 4) is 11.5 Å². The van der Waals surface area contributed by atoms with Gasteiger partial charge in [-0.15, -0.1) is 0 Å². The van der Waals surface area contributed by atoms with Crippen LogP contribution in [0.3, 0.4) is 0 Å². The molecule has 106 valence electrons. The molecule has 0 spiro atoms. The fourth-order valence-electron chi connectivity index (χ4n) is 2.10. The number of phenols is 1. The molecule has 0 saturated carbocycles. The third-order valence-electron chi connectivity index (χ3n) is 3.08. The summed E-state index contributed by atoms with van der Waals surface area (Å²) in [6.45, 7) is 8.20. The number of hydrogen-bond donors (Lipinski definition) is 2. The van der Waals surface area contributed by atoms with Gasteiger partial charge in [0.1, 0.15) is 23.7 Å². The van der Waals surface area contributed by atoms with E-state index in [1.807, 2.05) is 20.8 Å². The SMILES string of the molecule is Cc1cc(N)c(OCC2(C)COC(C)(C)O2)cc1O. The number of phenolic OH excluding ortho intramolecular Hbond substituents is 1. The summed E-state index contributed by atoms with van der Waals surface area (Å²) >= 11 is 0. The average Bonchev–Trinajstić information content (AvgIpc) is 2.57. The molecule has 5 heteroatoms. The minimum Gasteiger partial charge on any atom is -0.508 e. The summed E-state index contributed by atoms with van der Waals surface area (Å²) in [4.78, 5) is 0. The highest BCUT2D eigenvalue weighted by Crippen LogP contribution is 2.34. The Kier molecular flexibility index (Phi) is 3.36. The fourth-order valence-corrected chi connectivity index (χ4v) is 2.10. The molecule has 1 fully saturated rings. The molecule has 0 aromatic heterocycles. The van der Waals surface area contributed by atoms with Gasteiger partial charge in [0.05, 0.1) is 12.3 Å². The molecule has 1 heterocycles. The minimum absolute atomic E-state index is 0.165. The summed E-state index contributed by atoms with van der Waals surface area (Å²) < 4.78 is 17.0. The Labute approximate surface area is 113 Å². The quantitative estimate of drug-likeness (QED) is 0.648. The summed E-state index contributed by atoms with van der Waals surface area (Å²) in [7, 11) is 0. The van der Waals surface area contributed by atoms with E-state index in [0.717, 1.165) is 5.56 Å². The van der Waals surface area contributed by atoms with Gasteiger partial charge in [-0.05, 0) is 39.3 Å². The number of hydrogen-bond acceptors (Lipinski definition) is 5. The van der Waals surface area contributed by atoms with Crippen LogP contribution in [0.25, 0.3) is 0 Å². The number of benzene rings is 1. The molecule has 19 heavy (non-hydrogen) atoms. The zero-order chi connectivity index (χ0) is 14.3. The lowest BCUT2D eigenvalue weighted by Gasteiger charge is -2.25. The molecule has 0 amide bonds. The molecular formula is C14H21NO4. The third-order valence-corrected chi connectivity index (χ3v) is 3.08. The predicted molar refractivity (Wildman–Crippen MR) is 72.3 cm³/mol. The standard InChI is InChI=1S/C14H21NO4/c1-9-5-10(15)12(6-11(9)16)17-7-14(4)8-18-13(2,3)19-14/h5-6,16H,7-8,15H2,1-4H3. The molecule has 1 aliphatic rings. The van der Waals surface area contributed by atoms with Crippen LogP contribution in [0.15, 0.2) is 12.1 Å². The van der Waals surface area contributed by atoms with Gasteiger partial charge < -0.3 is 25.1 Å². The Morgan fingerprint density at radius 1 is 1.37 bits per heavy atom. The Morgan fingerprint density at radius 3 is 2.63 bits per heavy atom. The van der Waals surface area contributed by atoms with Gasteiger partial charge in [-0.3, -0.25) is 0 Å². The van der Waals surface area contributed by atoms with E-state index in [4.69, 9.17) is 19.9 Å². The molecule has 1 aliphatic heterocycles. The zero-order valence-corrected chi connectivity index (χ0v) is 11.8. The van der Waals surface area contributed by atoms with Crippen LogP contribution >= 0.6 is 0 Å². The maximum absolute atomic E-state index is 9.67. The Balaban J connectivity index is 2.05. The largest absolute Gasteiger partial charge is 0.508 e. The van der Waals surface area contributed by atoms with Crippen molar-refractivity contribution in [3.05, 3.63) is 17.7 Å². The van der Waals surface area contributed by atoms with Crippen molar-refractivity contribution in [2.75, 3.05) is 18.9 Å². The first-order chi connectivity index (χ1) is 8.71. The highest BCUT2D eigenvalue weighted by molar-refractivity contribution is 5.58. The smallest absolute Gasteiger partial charge is 0.163 e. The van der Waals surface area contributed by atoms with E-state index in [2.05, 4.69) is 0 Å². The lowest BCUT2D eigenvalue weighted by molar-refractivity contribution is -0.162. The second kappa shape index (κ2) is 4.58. The van der Waals surface area contributed by atoms with E-state index in [0.29, 0.717) is 24.7 Å². The Morgan fingerprint density at radius 2 is 2.05 bits per heavy atom. The molecule has 1 atom stereocenters. The molecule has 5 nitrogen and oxygen atoms in total. The second-order valence-corrected chi connectivity index (χ2v) is 5.71. The first-order valence-electron chi connectivity index (χ1n) is 6.27. The van der Waals surface area contributed by atoms with E-state index in [9.17, 15) is 5.11 Å². The van der Waals surface area contributed by atoms with Crippen molar-refractivity contribution in [1.82, 2.24) is 0 Å². The van der Waals surface area contributed by atoms with Crippen LogP contribution < -0.4 is 10.5 Å². The van der Waals surface area contributed by atoms with Gasteiger partial charge in [0.15, 0.2) is 5.79 Å². The number of ether oxygens (including phenoxy) is 3. The van der Waals surface area contributed by atoms with Crippen LogP contribution in [-0.4, -0.2) is 29.7 Å². The second-order valence-electron chi connectivity index (χ2n) is 5.71. The fraction of sp³-hybridized carbons (Fsp3) is 0.571. The van der Waals surface area contributed by atoms with Crippen LogP contribution in [0, 0.1) is 6.92 Å². The number of rotatable bonds is 3. The lowest BCUT2D eigenvalue weighted by atomic mass is 10.1. The molecule has 0 aliphatic carbocycles. The van der Waals surface area contributed by atoms with Crippen molar-refractivity contribution >= 4 is 5.69 Å².